The lowest BCUT2D eigenvalue weighted by Gasteiger charge is -2.04. The Morgan fingerprint density at radius 3 is 2.81 bits per heavy atom. The molecule has 1 aromatic heterocycles. The number of aryl methyl sites for hydroxylation is 1. The number of methoxy groups -OCH3 is 1. The summed E-state index contributed by atoms with van der Waals surface area (Å²) in [5.74, 6) is 0. The van der Waals surface area contributed by atoms with Crippen molar-refractivity contribution in [3.8, 4) is 0 Å². The zero-order valence-corrected chi connectivity index (χ0v) is 10.9. The van der Waals surface area contributed by atoms with E-state index in [0.29, 0.717) is 0 Å². The summed E-state index contributed by atoms with van der Waals surface area (Å²) in [6, 6.07) is 4.33. The van der Waals surface area contributed by atoms with E-state index < -0.39 is 0 Å². The number of nitrogens with one attached hydrogen (secondary N) is 1. The molecular formula is C12H21NO2S. The Morgan fingerprint density at radius 2 is 2.12 bits per heavy atom. The Kier molecular flexibility index (Phi) is 7.42. The first-order valence-corrected chi connectivity index (χ1v) is 6.47. The first kappa shape index (κ1) is 13.6. The Morgan fingerprint density at radius 1 is 1.25 bits per heavy atom. The van der Waals surface area contributed by atoms with E-state index in [9.17, 15) is 0 Å². The zero-order valence-electron chi connectivity index (χ0n) is 10.1. The summed E-state index contributed by atoms with van der Waals surface area (Å²) in [6.07, 6.45) is 0.973. The molecule has 0 aliphatic rings. The third-order valence-corrected chi connectivity index (χ3v) is 3.16. The van der Waals surface area contributed by atoms with Crippen molar-refractivity contribution in [3.05, 3.63) is 21.9 Å². The molecule has 0 aliphatic heterocycles. The predicted molar refractivity (Wildman–Crippen MR) is 68.1 cm³/mol. The van der Waals surface area contributed by atoms with E-state index in [1.54, 1.807) is 7.11 Å². The highest BCUT2D eigenvalue weighted by Gasteiger charge is 1.95. The summed E-state index contributed by atoms with van der Waals surface area (Å²) in [7, 11) is 1.71. The van der Waals surface area contributed by atoms with Crippen molar-refractivity contribution in [2.75, 3.05) is 33.5 Å². The molecule has 0 saturated carbocycles. The minimum Gasteiger partial charge on any atom is -0.385 e. The fraction of sp³-hybridized carbons (Fsp3) is 0.667. The molecule has 0 atom stereocenters. The van der Waals surface area contributed by atoms with Crippen LogP contribution >= 0.6 is 11.3 Å². The second-order valence-electron chi connectivity index (χ2n) is 3.65. The van der Waals surface area contributed by atoms with Crippen LogP contribution in [0, 0.1) is 6.92 Å². The molecule has 0 amide bonds. The van der Waals surface area contributed by atoms with Gasteiger partial charge in [0.2, 0.25) is 0 Å². The predicted octanol–water partition coefficient (Wildman–Crippen LogP) is 2.20. The van der Waals surface area contributed by atoms with E-state index in [2.05, 4.69) is 24.4 Å². The van der Waals surface area contributed by atoms with Crippen molar-refractivity contribution in [1.29, 1.82) is 0 Å². The Bertz CT molecular complexity index is 276. The first-order valence-electron chi connectivity index (χ1n) is 5.65. The lowest BCUT2D eigenvalue weighted by atomic mass is 10.4. The summed E-state index contributed by atoms with van der Waals surface area (Å²) in [5, 5.41) is 3.36. The highest BCUT2D eigenvalue weighted by atomic mass is 32.1. The van der Waals surface area contributed by atoms with E-state index >= 15 is 0 Å². The maximum absolute atomic E-state index is 5.44. The molecule has 4 heteroatoms. The molecule has 0 radical (unpaired) electrons. The van der Waals surface area contributed by atoms with Gasteiger partial charge in [0.25, 0.3) is 0 Å². The maximum atomic E-state index is 5.44. The van der Waals surface area contributed by atoms with E-state index in [1.165, 1.54) is 9.75 Å². The number of hydrogen-bond donors (Lipinski definition) is 1. The Balaban J connectivity index is 1.88. The molecule has 0 unspecified atom stereocenters. The fourth-order valence-electron chi connectivity index (χ4n) is 1.34. The van der Waals surface area contributed by atoms with E-state index in [4.69, 9.17) is 9.47 Å². The minimum absolute atomic E-state index is 0.772. The average molecular weight is 243 g/mol. The largest absolute Gasteiger partial charge is 0.385 e. The molecule has 3 nitrogen and oxygen atoms in total. The summed E-state index contributed by atoms with van der Waals surface area (Å²) in [6.45, 7) is 6.32. The van der Waals surface area contributed by atoms with Crippen molar-refractivity contribution in [3.63, 3.8) is 0 Å². The van der Waals surface area contributed by atoms with Gasteiger partial charge in [-0.05, 0) is 25.5 Å². The second-order valence-corrected chi connectivity index (χ2v) is 5.02. The second kappa shape index (κ2) is 8.70. The topological polar surface area (TPSA) is 30.5 Å². The van der Waals surface area contributed by atoms with Crippen molar-refractivity contribution in [1.82, 2.24) is 5.32 Å². The van der Waals surface area contributed by atoms with Crippen LogP contribution in [0.4, 0.5) is 0 Å². The van der Waals surface area contributed by atoms with Crippen LogP contribution in [0.3, 0.4) is 0 Å². The minimum atomic E-state index is 0.772. The molecule has 1 rings (SSSR count). The Hall–Kier alpha value is -0.420. The third kappa shape index (κ3) is 6.23. The summed E-state index contributed by atoms with van der Waals surface area (Å²) in [4.78, 5) is 2.75. The van der Waals surface area contributed by atoms with Crippen LogP contribution in [0.2, 0.25) is 0 Å². The van der Waals surface area contributed by atoms with Crippen LogP contribution in [0.5, 0.6) is 0 Å². The molecule has 0 aromatic carbocycles. The molecule has 1 N–H and O–H groups in total. The van der Waals surface area contributed by atoms with Crippen LogP contribution in [0.15, 0.2) is 12.1 Å². The molecule has 0 aliphatic carbocycles. The quantitative estimate of drug-likeness (QED) is 0.674. The molecule has 0 bridgehead atoms. The number of ether oxygens (including phenoxy) is 2. The molecule has 1 aromatic rings. The van der Waals surface area contributed by atoms with E-state index in [-0.39, 0.29) is 0 Å². The Labute approximate surface area is 102 Å². The molecule has 1 heterocycles. The summed E-state index contributed by atoms with van der Waals surface area (Å²) >= 11 is 1.84. The summed E-state index contributed by atoms with van der Waals surface area (Å²) < 4.78 is 10.4. The van der Waals surface area contributed by atoms with Crippen LogP contribution < -0.4 is 5.32 Å². The van der Waals surface area contributed by atoms with Crippen LogP contribution in [0.1, 0.15) is 16.2 Å². The summed E-state index contributed by atoms with van der Waals surface area (Å²) in [5.41, 5.74) is 0. The van der Waals surface area contributed by atoms with Gasteiger partial charge >= 0.3 is 0 Å². The van der Waals surface area contributed by atoms with E-state index in [1.807, 2.05) is 11.3 Å². The monoisotopic (exact) mass is 243 g/mol. The van der Waals surface area contributed by atoms with E-state index in [0.717, 1.165) is 39.3 Å². The third-order valence-electron chi connectivity index (χ3n) is 2.16. The van der Waals surface area contributed by atoms with Gasteiger partial charge in [-0.2, -0.15) is 0 Å². The van der Waals surface area contributed by atoms with Gasteiger partial charge in [0.15, 0.2) is 0 Å². The number of thiophene rings is 1. The molecule has 92 valence electrons. The van der Waals surface area contributed by atoms with Gasteiger partial charge < -0.3 is 14.8 Å². The lowest BCUT2D eigenvalue weighted by molar-refractivity contribution is 0.104. The smallest absolute Gasteiger partial charge is 0.0591 e. The van der Waals surface area contributed by atoms with Crippen molar-refractivity contribution in [2.24, 2.45) is 0 Å². The van der Waals surface area contributed by atoms with Crippen LogP contribution in [-0.4, -0.2) is 33.5 Å². The van der Waals surface area contributed by atoms with Gasteiger partial charge in [-0.1, -0.05) is 0 Å². The van der Waals surface area contributed by atoms with Gasteiger partial charge in [0.1, 0.15) is 0 Å². The normalized spacial score (nSPS) is 10.9. The van der Waals surface area contributed by atoms with Gasteiger partial charge in [0, 0.05) is 43.2 Å². The number of rotatable bonds is 9. The molecular weight excluding hydrogens is 222 g/mol. The maximum Gasteiger partial charge on any atom is 0.0591 e. The van der Waals surface area contributed by atoms with Gasteiger partial charge in [-0.3, -0.25) is 0 Å². The molecule has 0 fully saturated rings. The molecule has 16 heavy (non-hydrogen) atoms. The first-order chi connectivity index (χ1) is 7.83. The van der Waals surface area contributed by atoms with Crippen molar-refractivity contribution in [2.45, 2.75) is 19.9 Å². The fourth-order valence-corrected chi connectivity index (χ4v) is 2.20. The van der Waals surface area contributed by atoms with Gasteiger partial charge in [-0.15, -0.1) is 11.3 Å². The van der Waals surface area contributed by atoms with Crippen molar-refractivity contribution < 1.29 is 9.47 Å². The molecule has 0 saturated heterocycles. The highest BCUT2D eigenvalue weighted by Crippen LogP contribution is 2.14. The number of hydrogen-bond acceptors (Lipinski definition) is 4. The highest BCUT2D eigenvalue weighted by molar-refractivity contribution is 7.11. The van der Waals surface area contributed by atoms with Crippen LogP contribution in [-0.2, 0) is 16.0 Å². The van der Waals surface area contributed by atoms with Crippen molar-refractivity contribution >= 4 is 11.3 Å². The average Bonchev–Trinajstić information content (AvgIpc) is 2.68. The lowest BCUT2D eigenvalue weighted by Crippen LogP contribution is -2.19. The van der Waals surface area contributed by atoms with Crippen LogP contribution in [0.25, 0.3) is 0 Å². The van der Waals surface area contributed by atoms with Gasteiger partial charge in [0.05, 0.1) is 6.61 Å². The SMILES string of the molecule is COCCCOCCNCc1ccc(C)s1. The zero-order chi connectivity index (χ0) is 11.6. The standard InChI is InChI=1S/C12H21NO2S/c1-11-4-5-12(16-11)10-13-6-9-15-8-3-7-14-2/h4-5,13H,3,6-10H2,1-2H3. The molecule has 0 spiro atoms. The van der Waals surface area contributed by atoms with Gasteiger partial charge in [-0.25, -0.2) is 0 Å².